The molecule has 2 aliphatic rings. The van der Waals surface area contributed by atoms with E-state index < -0.39 is 0 Å². The standard InChI is InChI=1S/C13H20OS/c1-3-5-6-13-8-10(4-2)7-11(13)12(15)14-9-13/h3,5,10-11H,4,6-9H2,1-2H3/b5-3+/t10?,11-,13+/m0/s1. The monoisotopic (exact) mass is 224 g/mol. The highest BCUT2D eigenvalue weighted by Gasteiger charge is 2.53. The lowest BCUT2D eigenvalue weighted by atomic mass is 9.77. The minimum Gasteiger partial charge on any atom is -0.486 e. The summed E-state index contributed by atoms with van der Waals surface area (Å²) in [5.74, 6) is 1.41. The van der Waals surface area contributed by atoms with Crippen molar-refractivity contribution in [3.05, 3.63) is 12.2 Å². The van der Waals surface area contributed by atoms with E-state index in [4.69, 9.17) is 17.0 Å². The van der Waals surface area contributed by atoms with Crippen molar-refractivity contribution in [1.29, 1.82) is 0 Å². The number of allylic oxidation sites excluding steroid dienone is 2. The van der Waals surface area contributed by atoms with Gasteiger partial charge in [0, 0.05) is 11.3 Å². The lowest BCUT2D eigenvalue weighted by Gasteiger charge is -2.24. The molecule has 2 heteroatoms. The van der Waals surface area contributed by atoms with Gasteiger partial charge in [0.05, 0.1) is 6.61 Å². The molecule has 2 rings (SSSR count). The van der Waals surface area contributed by atoms with Gasteiger partial charge in [0.2, 0.25) is 0 Å². The van der Waals surface area contributed by atoms with Gasteiger partial charge in [-0.1, -0.05) is 25.5 Å². The molecule has 84 valence electrons. The van der Waals surface area contributed by atoms with E-state index in [0.29, 0.717) is 11.3 Å². The van der Waals surface area contributed by atoms with Gasteiger partial charge in [0.1, 0.15) is 0 Å². The second-order valence-corrected chi connectivity index (χ2v) is 5.41. The van der Waals surface area contributed by atoms with Crippen molar-refractivity contribution < 1.29 is 4.74 Å². The minimum absolute atomic E-state index is 0.351. The number of thiocarbonyl (C=S) groups is 1. The number of fused-ring (bicyclic) bond motifs is 1. The Kier molecular flexibility index (Phi) is 3.15. The minimum atomic E-state index is 0.351. The first kappa shape index (κ1) is 11.1. The van der Waals surface area contributed by atoms with E-state index in [1.165, 1.54) is 19.3 Å². The molecule has 0 N–H and O–H groups in total. The topological polar surface area (TPSA) is 9.23 Å². The fraction of sp³-hybridized carbons (Fsp3) is 0.769. The van der Waals surface area contributed by atoms with Crippen molar-refractivity contribution in [2.75, 3.05) is 6.61 Å². The third-order valence-corrected chi connectivity index (χ3v) is 4.53. The van der Waals surface area contributed by atoms with Crippen molar-refractivity contribution in [1.82, 2.24) is 0 Å². The maximum atomic E-state index is 5.61. The zero-order valence-corrected chi connectivity index (χ0v) is 10.5. The quantitative estimate of drug-likeness (QED) is 0.533. The van der Waals surface area contributed by atoms with Crippen LogP contribution in [0.1, 0.15) is 39.5 Å². The van der Waals surface area contributed by atoms with Crippen molar-refractivity contribution in [3.63, 3.8) is 0 Å². The molecular weight excluding hydrogens is 204 g/mol. The molecule has 0 bridgehead atoms. The molecule has 1 aliphatic carbocycles. The molecule has 1 saturated heterocycles. The Morgan fingerprint density at radius 1 is 1.60 bits per heavy atom. The van der Waals surface area contributed by atoms with Gasteiger partial charge in [-0.25, -0.2) is 0 Å². The average molecular weight is 224 g/mol. The third-order valence-electron chi connectivity index (χ3n) is 4.13. The second kappa shape index (κ2) is 4.25. The first-order chi connectivity index (χ1) is 7.22. The summed E-state index contributed by atoms with van der Waals surface area (Å²) in [7, 11) is 0. The van der Waals surface area contributed by atoms with Crippen LogP contribution in [-0.2, 0) is 4.74 Å². The van der Waals surface area contributed by atoms with E-state index in [1.54, 1.807) is 0 Å². The van der Waals surface area contributed by atoms with Crippen LogP contribution in [0.5, 0.6) is 0 Å². The van der Waals surface area contributed by atoms with Crippen LogP contribution in [0.2, 0.25) is 0 Å². The predicted octanol–water partition coefficient (Wildman–Crippen LogP) is 3.73. The zero-order chi connectivity index (χ0) is 10.9. The molecule has 1 heterocycles. The van der Waals surface area contributed by atoms with Gasteiger partial charge in [-0.3, -0.25) is 0 Å². The van der Waals surface area contributed by atoms with E-state index in [-0.39, 0.29) is 0 Å². The largest absolute Gasteiger partial charge is 0.486 e. The maximum Gasteiger partial charge on any atom is 0.163 e. The Morgan fingerprint density at radius 3 is 3.07 bits per heavy atom. The summed E-state index contributed by atoms with van der Waals surface area (Å²) < 4.78 is 5.61. The number of hydrogen-bond acceptors (Lipinski definition) is 2. The number of rotatable bonds is 3. The van der Waals surface area contributed by atoms with E-state index in [1.807, 2.05) is 0 Å². The van der Waals surface area contributed by atoms with E-state index >= 15 is 0 Å². The second-order valence-electron chi connectivity index (χ2n) is 5.01. The van der Waals surface area contributed by atoms with Crippen LogP contribution in [0.3, 0.4) is 0 Å². The van der Waals surface area contributed by atoms with Gasteiger partial charge in [0.15, 0.2) is 5.05 Å². The van der Waals surface area contributed by atoms with Gasteiger partial charge in [-0.05, 0) is 44.3 Å². The Bertz CT molecular complexity index is 284. The molecule has 3 atom stereocenters. The van der Waals surface area contributed by atoms with Crippen LogP contribution >= 0.6 is 12.2 Å². The molecule has 0 aromatic heterocycles. The molecule has 0 aromatic carbocycles. The van der Waals surface area contributed by atoms with Gasteiger partial charge in [-0.2, -0.15) is 0 Å². The van der Waals surface area contributed by atoms with Gasteiger partial charge in [0.25, 0.3) is 0 Å². The fourth-order valence-corrected chi connectivity index (χ4v) is 3.56. The fourth-order valence-electron chi connectivity index (χ4n) is 3.15. The Balaban J connectivity index is 2.16. The van der Waals surface area contributed by atoms with Crippen LogP contribution in [0.15, 0.2) is 12.2 Å². The average Bonchev–Trinajstić information content (AvgIpc) is 2.74. The van der Waals surface area contributed by atoms with Crippen LogP contribution in [-0.4, -0.2) is 11.7 Å². The number of ether oxygens (including phenoxy) is 1. The summed E-state index contributed by atoms with van der Waals surface area (Å²) in [6.45, 7) is 5.24. The highest BCUT2D eigenvalue weighted by atomic mass is 32.1. The molecule has 1 unspecified atom stereocenters. The first-order valence-electron chi connectivity index (χ1n) is 5.99. The molecule has 1 nitrogen and oxygen atoms in total. The molecule has 0 radical (unpaired) electrons. The summed E-state index contributed by atoms with van der Waals surface area (Å²) in [6, 6.07) is 0. The summed E-state index contributed by atoms with van der Waals surface area (Å²) >= 11 is 5.33. The van der Waals surface area contributed by atoms with Crippen LogP contribution in [0, 0.1) is 17.3 Å². The van der Waals surface area contributed by atoms with Gasteiger partial charge >= 0.3 is 0 Å². The van der Waals surface area contributed by atoms with E-state index in [0.717, 1.165) is 24.0 Å². The molecular formula is C13H20OS. The summed E-state index contributed by atoms with van der Waals surface area (Å²) in [4.78, 5) is 0. The smallest absolute Gasteiger partial charge is 0.163 e. The Labute approximate surface area is 97.9 Å². The SMILES string of the molecule is C/C=C/C[C@@]12COC(=S)[C@@H]1CC(CC)C2. The lowest BCUT2D eigenvalue weighted by Crippen LogP contribution is -2.24. The first-order valence-corrected chi connectivity index (χ1v) is 6.40. The van der Waals surface area contributed by atoms with Crippen LogP contribution in [0.25, 0.3) is 0 Å². The summed E-state index contributed by atoms with van der Waals surface area (Å²) in [5.41, 5.74) is 0.351. The number of hydrogen-bond donors (Lipinski definition) is 0. The highest BCUT2D eigenvalue weighted by molar-refractivity contribution is 7.80. The van der Waals surface area contributed by atoms with Crippen molar-refractivity contribution >= 4 is 17.3 Å². The van der Waals surface area contributed by atoms with Gasteiger partial charge in [-0.15, -0.1) is 0 Å². The van der Waals surface area contributed by atoms with Crippen LogP contribution < -0.4 is 0 Å². The molecule has 2 fully saturated rings. The molecule has 0 amide bonds. The third kappa shape index (κ3) is 1.84. The highest BCUT2D eigenvalue weighted by Crippen LogP contribution is 2.54. The Hall–Kier alpha value is -0.370. The molecule has 1 aliphatic heterocycles. The van der Waals surface area contributed by atoms with E-state index in [9.17, 15) is 0 Å². The summed E-state index contributed by atoms with van der Waals surface area (Å²) in [5, 5.41) is 0.885. The summed E-state index contributed by atoms with van der Waals surface area (Å²) in [6.07, 6.45) is 9.42. The molecule has 15 heavy (non-hydrogen) atoms. The van der Waals surface area contributed by atoms with Crippen LogP contribution in [0.4, 0.5) is 0 Å². The van der Waals surface area contributed by atoms with E-state index in [2.05, 4.69) is 26.0 Å². The lowest BCUT2D eigenvalue weighted by molar-refractivity contribution is 0.185. The normalized spacial score (nSPS) is 39.7. The molecule has 0 aromatic rings. The predicted molar refractivity (Wildman–Crippen MR) is 66.9 cm³/mol. The zero-order valence-electron chi connectivity index (χ0n) is 9.66. The Morgan fingerprint density at radius 2 is 2.40 bits per heavy atom. The maximum absolute atomic E-state index is 5.61. The van der Waals surface area contributed by atoms with Crippen molar-refractivity contribution in [2.45, 2.75) is 39.5 Å². The van der Waals surface area contributed by atoms with Gasteiger partial charge < -0.3 is 4.74 Å². The molecule has 1 saturated carbocycles. The molecule has 0 spiro atoms. The van der Waals surface area contributed by atoms with Crippen molar-refractivity contribution in [2.24, 2.45) is 17.3 Å². The van der Waals surface area contributed by atoms with Crippen molar-refractivity contribution in [3.8, 4) is 0 Å².